The van der Waals surface area contributed by atoms with Gasteiger partial charge in [-0.3, -0.25) is 0 Å². The van der Waals surface area contributed by atoms with Crippen LogP contribution in [0.3, 0.4) is 0 Å². The zero-order chi connectivity index (χ0) is 20.1. The summed E-state index contributed by atoms with van der Waals surface area (Å²) in [5.74, 6) is 0.728. The van der Waals surface area contributed by atoms with E-state index in [0.717, 1.165) is 30.6 Å². The van der Waals surface area contributed by atoms with Gasteiger partial charge in [-0.1, -0.05) is 71.4 Å². The van der Waals surface area contributed by atoms with Crippen LogP contribution in [0.5, 0.6) is 5.75 Å². The SMILES string of the molecule is CCCCCCc1ccc(OCC(CC)S(=O)(=O)[O-])c(CCCCCC)c1.[Na+]. The molecule has 0 saturated heterocycles. The summed E-state index contributed by atoms with van der Waals surface area (Å²) < 4.78 is 39.7. The maximum absolute atomic E-state index is 11.3. The van der Waals surface area contributed by atoms with Gasteiger partial charge in [0.1, 0.15) is 22.5 Å². The molecule has 0 saturated carbocycles. The van der Waals surface area contributed by atoms with Crippen LogP contribution >= 0.6 is 0 Å². The van der Waals surface area contributed by atoms with Crippen LogP contribution in [0.25, 0.3) is 0 Å². The molecule has 1 rings (SSSR count). The topological polar surface area (TPSA) is 66.4 Å². The molecule has 4 nitrogen and oxygen atoms in total. The molecule has 1 unspecified atom stereocenters. The Morgan fingerprint density at radius 2 is 1.54 bits per heavy atom. The first kappa shape index (κ1) is 27.9. The van der Waals surface area contributed by atoms with E-state index in [9.17, 15) is 13.0 Å². The van der Waals surface area contributed by atoms with Gasteiger partial charge in [0.25, 0.3) is 0 Å². The predicted octanol–water partition coefficient (Wildman–Crippen LogP) is 2.64. The predicted molar refractivity (Wildman–Crippen MR) is 111 cm³/mol. The molecule has 0 N–H and O–H groups in total. The van der Waals surface area contributed by atoms with E-state index in [1.54, 1.807) is 6.92 Å². The number of rotatable bonds is 15. The van der Waals surface area contributed by atoms with Crippen LogP contribution < -0.4 is 34.3 Å². The minimum absolute atomic E-state index is 0. The second-order valence-corrected chi connectivity index (χ2v) is 9.05. The van der Waals surface area contributed by atoms with E-state index in [1.165, 1.54) is 50.5 Å². The molecule has 1 aromatic carbocycles. The third kappa shape index (κ3) is 11.2. The molecule has 6 heteroatoms. The average molecular weight is 421 g/mol. The Bertz CT molecular complexity index is 631. The van der Waals surface area contributed by atoms with Gasteiger partial charge in [-0.05, 0) is 49.3 Å². The molecule has 0 spiro atoms. The molecular formula is C22H37NaO4S. The van der Waals surface area contributed by atoms with Gasteiger partial charge in [-0.25, -0.2) is 8.42 Å². The fraction of sp³-hybridized carbons (Fsp3) is 0.727. The molecule has 0 aliphatic carbocycles. The van der Waals surface area contributed by atoms with Gasteiger partial charge in [-0.15, -0.1) is 0 Å². The molecule has 1 aromatic rings. The number of aryl methyl sites for hydroxylation is 2. The Morgan fingerprint density at radius 3 is 2.07 bits per heavy atom. The Kier molecular flexibility index (Phi) is 15.7. The third-order valence-electron chi connectivity index (χ3n) is 5.03. The molecular weight excluding hydrogens is 383 g/mol. The van der Waals surface area contributed by atoms with Crippen molar-refractivity contribution in [2.45, 2.75) is 96.7 Å². The minimum atomic E-state index is -4.32. The third-order valence-corrected chi connectivity index (χ3v) is 6.32. The second-order valence-electron chi connectivity index (χ2n) is 7.40. The Morgan fingerprint density at radius 1 is 0.929 bits per heavy atom. The van der Waals surface area contributed by atoms with Crippen LogP contribution in [-0.2, 0) is 23.0 Å². The summed E-state index contributed by atoms with van der Waals surface area (Å²) in [6.45, 7) is 6.04. The zero-order valence-corrected chi connectivity index (χ0v) is 21.2. The van der Waals surface area contributed by atoms with Crippen molar-refractivity contribution in [2.24, 2.45) is 0 Å². The van der Waals surface area contributed by atoms with Crippen LogP contribution in [-0.4, -0.2) is 24.8 Å². The van der Waals surface area contributed by atoms with Crippen molar-refractivity contribution in [2.75, 3.05) is 6.61 Å². The van der Waals surface area contributed by atoms with Gasteiger partial charge in [0, 0.05) is 0 Å². The maximum Gasteiger partial charge on any atom is 1.00 e. The number of hydrogen-bond acceptors (Lipinski definition) is 4. The monoisotopic (exact) mass is 420 g/mol. The van der Waals surface area contributed by atoms with E-state index in [4.69, 9.17) is 4.74 Å². The fourth-order valence-corrected chi connectivity index (χ4v) is 3.85. The van der Waals surface area contributed by atoms with Crippen molar-refractivity contribution in [3.05, 3.63) is 29.3 Å². The maximum atomic E-state index is 11.3. The molecule has 0 bridgehead atoms. The van der Waals surface area contributed by atoms with Crippen molar-refractivity contribution in [1.29, 1.82) is 0 Å². The molecule has 0 radical (unpaired) electrons. The number of ether oxygens (including phenoxy) is 1. The van der Waals surface area contributed by atoms with E-state index < -0.39 is 15.4 Å². The Balaban J connectivity index is 0.00000729. The first-order valence-corrected chi connectivity index (χ1v) is 12.1. The zero-order valence-electron chi connectivity index (χ0n) is 18.3. The van der Waals surface area contributed by atoms with E-state index in [1.807, 2.05) is 6.07 Å². The first-order chi connectivity index (χ1) is 12.9. The van der Waals surface area contributed by atoms with Gasteiger partial charge < -0.3 is 9.29 Å². The van der Waals surface area contributed by atoms with Gasteiger partial charge in [0.05, 0.1) is 5.25 Å². The summed E-state index contributed by atoms with van der Waals surface area (Å²) in [6, 6.07) is 6.23. The van der Waals surface area contributed by atoms with Gasteiger partial charge >= 0.3 is 29.6 Å². The molecule has 156 valence electrons. The van der Waals surface area contributed by atoms with Crippen LogP contribution in [0, 0.1) is 0 Å². The quantitative estimate of drug-likeness (QED) is 0.249. The van der Waals surface area contributed by atoms with E-state index >= 15 is 0 Å². The summed E-state index contributed by atoms with van der Waals surface area (Å²) >= 11 is 0. The Hall–Kier alpha value is -0.0700. The molecule has 0 aromatic heterocycles. The van der Waals surface area contributed by atoms with Gasteiger partial charge in [0.15, 0.2) is 0 Å². The number of unbranched alkanes of at least 4 members (excludes halogenated alkanes) is 6. The minimum Gasteiger partial charge on any atom is -0.748 e. The van der Waals surface area contributed by atoms with Crippen LogP contribution in [0.4, 0.5) is 0 Å². The molecule has 0 amide bonds. The summed E-state index contributed by atoms with van der Waals surface area (Å²) in [7, 11) is -4.32. The summed E-state index contributed by atoms with van der Waals surface area (Å²) in [4.78, 5) is 0. The number of hydrogen-bond donors (Lipinski definition) is 0. The van der Waals surface area contributed by atoms with Crippen LogP contribution in [0.2, 0.25) is 0 Å². The summed E-state index contributed by atoms with van der Waals surface area (Å²) in [6.07, 6.45) is 11.9. The van der Waals surface area contributed by atoms with Crippen molar-refractivity contribution < 1.29 is 47.3 Å². The summed E-state index contributed by atoms with van der Waals surface area (Å²) in [5.41, 5.74) is 2.45. The van der Waals surface area contributed by atoms with Gasteiger partial charge in [0.2, 0.25) is 0 Å². The van der Waals surface area contributed by atoms with Gasteiger partial charge in [-0.2, -0.15) is 0 Å². The van der Waals surface area contributed by atoms with Crippen molar-refractivity contribution >= 4 is 10.1 Å². The fourth-order valence-electron chi connectivity index (χ4n) is 3.21. The number of benzene rings is 1. The van der Waals surface area contributed by atoms with Crippen molar-refractivity contribution in [3.8, 4) is 5.75 Å². The Labute approximate surface area is 194 Å². The largest absolute Gasteiger partial charge is 1.00 e. The molecule has 0 aliphatic rings. The first-order valence-electron chi connectivity index (χ1n) is 10.6. The molecule has 0 heterocycles. The van der Waals surface area contributed by atoms with E-state index in [0.29, 0.717) is 0 Å². The average Bonchev–Trinajstić information content (AvgIpc) is 2.63. The molecule has 0 aliphatic heterocycles. The molecule has 1 atom stereocenters. The van der Waals surface area contributed by atoms with E-state index in [-0.39, 0.29) is 42.6 Å². The van der Waals surface area contributed by atoms with Crippen LogP contribution in [0.15, 0.2) is 18.2 Å². The molecule has 0 fully saturated rings. The molecule has 28 heavy (non-hydrogen) atoms. The second kappa shape index (κ2) is 15.7. The van der Waals surface area contributed by atoms with E-state index in [2.05, 4.69) is 26.0 Å². The summed E-state index contributed by atoms with van der Waals surface area (Å²) in [5, 5.41) is -0.987. The normalized spacial score (nSPS) is 12.4. The van der Waals surface area contributed by atoms with Crippen LogP contribution in [0.1, 0.15) is 89.7 Å². The standard InChI is InChI=1S/C22H38O4S.Na/c1-4-7-9-11-13-19-15-16-22(20(17-19)14-12-10-8-5-2)26-18-21(6-3)27(23,24)25;/h15-17,21H,4-14,18H2,1-3H3,(H,23,24,25);/q;+1/p-1. The van der Waals surface area contributed by atoms with Crippen molar-refractivity contribution in [3.63, 3.8) is 0 Å². The van der Waals surface area contributed by atoms with Crippen molar-refractivity contribution in [1.82, 2.24) is 0 Å². The smallest absolute Gasteiger partial charge is 0.748 e.